The molecule has 0 saturated heterocycles. The Bertz CT molecular complexity index is 935. The molecule has 2 aromatic carbocycles. The molecule has 7 heteroatoms. The first-order chi connectivity index (χ1) is 15.9. The Balaban J connectivity index is 1.64. The van der Waals surface area contributed by atoms with Crippen molar-refractivity contribution in [2.24, 2.45) is 11.8 Å². The molecule has 3 rings (SSSR count). The van der Waals surface area contributed by atoms with Crippen LogP contribution < -0.4 is 10.6 Å². The Labute approximate surface area is 202 Å². The summed E-state index contributed by atoms with van der Waals surface area (Å²) < 4.78 is 0. The highest BCUT2D eigenvalue weighted by Gasteiger charge is 2.29. The molecule has 0 bridgehead atoms. The molecule has 1 saturated carbocycles. The molecule has 2 aromatic rings. The minimum atomic E-state index is -0.790. The summed E-state index contributed by atoms with van der Waals surface area (Å²) in [5.74, 6) is 0.376. The first kappa shape index (κ1) is 25.6. The van der Waals surface area contributed by atoms with Gasteiger partial charge in [0.05, 0.1) is 12.1 Å². The molecule has 2 radical (unpaired) electrons. The maximum absolute atomic E-state index is 13.1. The average Bonchev–Trinajstić information content (AvgIpc) is 2.81. The summed E-state index contributed by atoms with van der Waals surface area (Å²) in [6.07, 6.45) is 5.51. The van der Waals surface area contributed by atoms with Crippen LogP contribution in [0.3, 0.4) is 0 Å². The van der Waals surface area contributed by atoms with E-state index in [1.54, 1.807) is 0 Å². The Morgan fingerprint density at radius 1 is 1.12 bits per heavy atom. The second-order valence-corrected chi connectivity index (χ2v) is 10.3. The van der Waals surface area contributed by atoms with Gasteiger partial charge < -0.3 is 15.7 Å². The van der Waals surface area contributed by atoms with Crippen LogP contribution in [-0.4, -0.2) is 48.6 Å². The highest BCUT2D eigenvalue weighted by atomic mass is 32.2. The summed E-state index contributed by atoms with van der Waals surface area (Å²) in [6.45, 7) is 4.22. The number of aliphatic hydroxyl groups is 1. The number of benzene rings is 2. The number of hydrogen-bond donors (Lipinski definition) is 3. The molecule has 176 valence electrons. The number of thioether (sulfide) groups is 1. The van der Waals surface area contributed by atoms with Gasteiger partial charge in [-0.05, 0) is 41.5 Å². The van der Waals surface area contributed by atoms with E-state index in [1.807, 2.05) is 49.4 Å². The largest absolute Gasteiger partial charge is 0.391 e. The Hall–Kier alpha value is -1.99. The maximum Gasteiger partial charge on any atom is 0.243 e. The number of aliphatic hydroxyl groups excluding tert-OH is 1. The molecule has 1 aliphatic rings. The van der Waals surface area contributed by atoms with Crippen LogP contribution in [-0.2, 0) is 4.79 Å². The molecule has 33 heavy (non-hydrogen) atoms. The van der Waals surface area contributed by atoms with E-state index in [0.717, 1.165) is 22.1 Å². The fraction of sp³-hybridized carbons (Fsp3) is 0.538. The second-order valence-electron chi connectivity index (χ2n) is 9.20. The van der Waals surface area contributed by atoms with Crippen molar-refractivity contribution >= 4 is 42.1 Å². The Morgan fingerprint density at radius 2 is 1.85 bits per heavy atom. The van der Waals surface area contributed by atoms with Gasteiger partial charge in [0.25, 0.3) is 0 Å². The van der Waals surface area contributed by atoms with E-state index < -0.39 is 18.0 Å². The van der Waals surface area contributed by atoms with Gasteiger partial charge in [0.15, 0.2) is 5.81 Å². The fourth-order valence-corrected chi connectivity index (χ4v) is 5.92. The van der Waals surface area contributed by atoms with Crippen molar-refractivity contribution in [2.75, 3.05) is 5.75 Å². The zero-order chi connectivity index (χ0) is 23.8. The number of rotatable bonds is 10. The highest BCUT2D eigenvalue weighted by Crippen LogP contribution is 2.33. The molecular weight excluding hydrogens is 431 g/mol. The number of carbonyl (C=O) groups excluding carboxylic acids is 2. The minimum absolute atomic E-state index is 0.316. The van der Waals surface area contributed by atoms with E-state index in [4.69, 9.17) is 7.85 Å². The van der Waals surface area contributed by atoms with Crippen LogP contribution in [0.1, 0.15) is 52.4 Å². The van der Waals surface area contributed by atoms with Crippen molar-refractivity contribution in [1.82, 2.24) is 10.6 Å². The molecule has 0 heterocycles. The first-order valence-corrected chi connectivity index (χ1v) is 13.0. The number of amides is 2. The zero-order valence-corrected chi connectivity index (χ0v) is 20.4. The fourth-order valence-electron chi connectivity index (χ4n) is 4.82. The van der Waals surface area contributed by atoms with Crippen LogP contribution in [0.5, 0.6) is 0 Å². The molecule has 0 spiro atoms. The van der Waals surface area contributed by atoms with E-state index in [-0.39, 0.29) is 11.9 Å². The van der Waals surface area contributed by atoms with E-state index in [0.29, 0.717) is 30.4 Å². The number of nitrogens with one attached hydrogen (secondary N) is 2. The second kappa shape index (κ2) is 12.5. The van der Waals surface area contributed by atoms with E-state index in [2.05, 4.69) is 17.6 Å². The Kier molecular flexibility index (Phi) is 9.69. The monoisotopic (exact) mass is 466 g/mol. The highest BCUT2D eigenvalue weighted by molar-refractivity contribution is 7.99. The van der Waals surface area contributed by atoms with Gasteiger partial charge in [-0.25, -0.2) is 0 Å². The molecule has 5 nitrogen and oxygen atoms in total. The van der Waals surface area contributed by atoms with Crippen LogP contribution >= 0.6 is 11.8 Å². The number of carbonyl (C=O) groups is 2. The minimum Gasteiger partial charge on any atom is -0.391 e. The van der Waals surface area contributed by atoms with Gasteiger partial charge in [0.2, 0.25) is 13.8 Å². The third-order valence-electron chi connectivity index (χ3n) is 6.85. The summed E-state index contributed by atoms with van der Waals surface area (Å²) in [5, 5.41) is 18.7. The van der Waals surface area contributed by atoms with Crippen LogP contribution in [0.15, 0.2) is 47.4 Å². The summed E-state index contributed by atoms with van der Waals surface area (Å²) in [5.41, 5.74) is 0. The summed E-state index contributed by atoms with van der Waals surface area (Å²) in [6, 6.07) is 13.0. The van der Waals surface area contributed by atoms with E-state index in [9.17, 15) is 14.7 Å². The average molecular weight is 466 g/mol. The van der Waals surface area contributed by atoms with Gasteiger partial charge in [0, 0.05) is 10.6 Å². The normalized spacial score (nSPS) is 21.2. The lowest BCUT2D eigenvalue weighted by molar-refractivity contribution is -0.124. The van der Waals surface area contributed by atoms with Crippen molar-refractivity contribution in [3.63, 3.8) is 0 Å². The van der Waals surface area contributed by atoms with Gasteiger partial charge >= 0.3 is 0 Å². The topological polar surface area (TPSA) is 78.4 Å². The summed E-state index contributed by atoms with van der Waals surface area (Å²) in [4.78, 5) is 25.7. The van der Waals surface area contributed by atoms with Gasteiger partial charge in [0.1, 0.15) is 6.04 Å². The quantitative estimate of drug-likeness (QED) is 0.352. The zero-order valence-electron chi connectivity index (χ0n) is 19.6. The van der Waals surface area contributed by atoms with E-state index >= 15 is 0 Å². The van der Waals surface area contributed by atoms with Crippen LogP contribution in [0.25, 0.3) is 10.8 Å². The van der Waals surface area contributed by atoms with Crippen molar-refractivity contribution in [1.29, 1.82) is 0 Å². The molecule has 5 atom stereocenters. The summed E-state index contributed by atoms with van der Waals surface area (Å²) in [7, 11) is 5.36. The van der Waals surface area contributed by atoms with Crippen molar-refractivity contribution in [2.45, 2.75) is 75.5 Å². The third-order valence-corrected chi connectivity index (χ3v) is 8.02. The van der Waals surface area contributed by atoms with Gasteiger partial charge in [-0.3, -0.25) is 9.59 Å². The predicted octanol–water partition coefficient (Wildman–Crippen LogP) is 4.65. The number of fused-ring (bicyclic) bond motifs is 1. The smallest absolute Gasteiger partial charge is 0.243 e. The van der Waals surface area contributed by atoms with Gasteiger partial charge in [-0.2, -0.15) is 0 Å². The molecule has 0 aliphatic heterocycles. The standard InChI is InChI=1S/C26H35BN2O3S/c1-3-21(23(30)15-19-11-5-4-9-17(19)2)28-25(31)22(29-26(27)32)16-33-24-14-8-12-18-10-6-7-13-20(18)24/h6-8,10,12-14,17,19,21-23,30H,3-5,9,11,15-16H2,1-2H3,(H,28,31)(H,29,32)/t17?,19?,21-,22+,23+/m0/s1. The number of hydrogen-bond acceptors (Lipinski definition) is 4. The molecular formula is C26H35BN2O3S. The molecule has 1 aliphatic carbocycles. The lowest BCUT2D eigenvalue weighted by Gasteiger charge is -2.33. The van der Waals surface area contributed by atoms with Crippen molar-refractivity contribution in [3.8, 4) is 0 Å². The van der Waals surface area contributed by atoms with Gasteiger partial charge in [-0.1, -0.05) is 75.9 Å². The van der Waals surface area contributed by atoms with Gasteiger partial charge in [-0.15, -0.1) is 11.8 Å². The maximum atomic E-state index is 13.1. The summed E-state index contributed by atoms with van der Waals surface area (Å²) >= 11 is 1.51. The molecule has 2 amide bonds. The SMILES string of the molecule is [B]C(=O)N[C@H](CSc1cccc2ccccc12)C(=O)N[C@@H](CC)[C@H](O)CC1CCCCC1C. The first-order valence-electron chi connectivity index (χ1n) is 12.0. The molecule has 1 fully saturated rings. The third kappa shape index (κ3) is 7.25. The lowest BCUT2D eigenvalue weighted by atomic mass is 9.76. The van der Waals surface area contributed by atoms with Crippen LogP contribution in [0, 0.1) is 11.8 Å². The Morgan fingerprint density at radius 3 is 2.58 bits per heavy atom. The van der Waals surface area contributed by atoms with Crippen molar-refractivity contribution < 1.29 is 14.7 Å². The van der Waals surface area contributed by atoms with Crippen LogP contribution in [0.4, 0.5) is 4.79 Å². The lowest BCUT2D eigenvalue weighted by Crippen LogP contribution is -2.53. The van der Waals surface area contributed by atoms with Crippen LogP contribution in [0.2, 0.25) is 0 Å². The molecule has 3 N–H and O–H groups in total. The molecule has 0 aromatic heterocycles. The van der Waals surface area contributed by atoms with E-state index in [1.165, 1.54) is 31.0 Å². The molecule has 2 unspecified atom stereocenters. The predicted molar refractivity (Wildman–Crippen MR) is 137 cm³/mol. The van der Waals surface area contributed by atoms with Crippen molar-refractivity contribution in [3.05, 3.63) is 42.5 Å².